The van der Waals surface area contributed by atoms with E-state index < -0.39 is 12.3 Å². The molecule has 1 aromatic rings. The van der Waals surface area contributed by atoms with Crippen LogP contribution in [0.5, 0.6) is 0 Å². The zero-order valence-corrected chi connectivity index (χ0v) is 10.7. The van der Waals surface area contributed by atoms with Crippen LogP contribution in [0.15, 0.2) is 18.5 Å². The number of aromatic nitrogens is 1. The van der Waals surface area contributed by atoms with Gasteiger partial charge in [-0.15, -0.1) is 0 Å². The van der Waals surface area contributed by atoms with Crippen molar-refractivity contribution in [3.63, 3.8) is 0 Å². The van der Waals surface area contributed by atoms with Gasteiger partial charge in [-0.3, -0.25) is 4.79 Å². The van der Waals surface area contributed by atoms with Gasteiger partial charge in [-0.2, -0.15) is 13.2 Å². The summed E-state index contributed by atoms with van der Waals surface area (Å²) in [7, 11) is 0. The summed E-state index contributed by atoms with van der Waals surface area (Å²) in [5.74, 6) is -0.165. The summed E-state index contributed by atoms with van der Waals surface area (Å²) < 4.78 is 38.3. The number of nitrogens with one attached hydrogen (secondary N) is 1. The minimum absolute atomic E-state index is 0.0276. The third kappa shape index (κ3) is 4.94. The quantitative estimate of drug-likeness (QED) is 0.865. The summed E-state index contributed by atoms with van der Waals surface area (Å²) in [6, 6.07) is 1.22. The first-order valence-corrected chi connectivity index (χ1v) is 5.90. The van der Waals surface area contributed by atoms with Crippen molar-refractivity contribution in [2.45, 2.75) is 45.1 Å². The number of carbonyl (C=O) groups excluding carboxylic acids is 1. The van der Waals surface area contributed by atoms with E-state index in [1.54, 1.807) is 0 Å². The zero-order valence-electron chi connectivity index (χ0n) is 10.7. The van der Waals surface area contributed by atoms with Crippen LogP contribution in [0.1, 0.15) is 31.9 Å². The highest BCUT2D eigenvalue weighted by Gasteiger charge is 2.39. The van der Waals surface area contributed by atoms with E-state index in [1.165, 1.54) is 23.0 Å². The van der Waals surface area contributed by atoms with E-state index in [0.717, 1.165) is 0 Å². The molecule has 1 atom stereocenters. The molecular formula is C12H17F3N2O2. The largest absolute Gasteiger partial charge is 0.418 e. The van der Waals surface area contributed by atoms with Crippen molar-refractivity contribution in [3.05, 3.63) is 24.0 Å². The monoisotopic (exact) mass is 278 g/mol. The van der Waals surface area contributed by atoms with Gasteiger partial charge in [0, 0.05) is 37.0 Å². The summed E-state index contributed by atoms with van der Waals surface area (Å²) >= 11 is 0. The van der Waals surface area contributed by atoms with Gasteiger partial charge in [0.05, 0.1) is 0 Å². The summed E-state index contributed by atoms with van der Waals surface area (Å²) in [6.45, 7) is 3.92. The van der Waals surface area contributed by atoms with Gasteiger partial charge in [-0.05, 0) is 19.9 Å². The predicted octanol–water partition coefficient (Wildman–Crippen LogP) is 2.00. The van der Waals surface area contributed by atoms with Crippen LogP contribution in [0, 0.1) is 0 Å². The molecule has 0 saturated carbocycles. The number of halogens is 3. The van der Waals surface area contributed by atoms with Crippen LogP contribution < -0.4 is 5.32 Å². The fourth-order valence-corrected chi connectivity index (χ4v) is 1.57. The van der Waals surface area contributed by atoms with Gasteiger partial charge in [0.25, 0.3) is 0 Å². The highest BCUT2D eigenvalue weighted by Crippen LogP contribution is 2.32. The number of hydrogen-bond donors (Lipinski definition) is 2. The Morgan fingerprint density at radius 1 is 1.47 bits per heavy atom. The highest BCUT2D eigenvalue weighted by molar-refractivity contribution is 5.76. The Bertz CT molecular complexity index is 427. The molecule has 0 bridgehead atoms. The van der Waals surface area contributed by atoms with Gasteiger partial charge in [-0.1, -0.05) is 0 Å². The summed E-state index contributed by atoms with van der Waals surface area (Å²) in [4.78, 5) is 11.4. The molecule has 0 spiro atoms. The van der Waals surface area contributed by atoms with Gasteiger partial charge >= 0.3 is 6.18 Å². The van der Waals surface area contributed by atoms with Crippen molar-refractivity contribution in [3.8, 4) is 0 Å². The number of carbonyl (C=O) groups is 1. The first-order chi connectivity index (χ1) is 8.70. The van der Waals surface area contributed by atoms with Crippen LogP contribution >= 0.6 is 0 Å². The molecule has 0 radical (unpaired) electrons. The topological polar surface area (TPSA) is 54.3 Å². The third-order valence-electron chi connectivity index (χ3n) is 2.45. The van der Waals surface area contributed by atoms with Gasteiger partial charge in [0.15, 0.2) is 6.10 Å². The van der Waals surface area contributed by atoms with Crippen LogP contribution in [0.4, 0.5) is 13.2 Å². The number of rotatable bonds is 5. The number of aliphatic hydroxyl groups excluding tert-OH is 1. The molecule has 0 fully saturated rings. The van der Waals surface area contributed by atoms with Crippen LogP contribution in [0.2, 0.25) is 0 Å². The van der Waals surface area contributed by atoms with Crippen molar-refractivity contribution in [1.29, 1.82) is 0 Å². The Hall–Kier alpha value is -1.50. The standard InChI is InChI=1S/C12H17F3N2O2/c1-8(2)16-10(18)4-6-17-5-3-9(7-17)11(19)12(13,14)15/h3,5,7-8,11,19H,4,6H2,1-2H3,(H,16,18). The Balaban J connectivity index is 2.54. The molecule has 0 saturated heterocycles. The van der Waals surface area contributed by atoms with Crippen molar-refractivity contribution in [2.24, 2.45) is 0 Å². The molecular weight excluding hydrogens is 261 g/mol. The highest BCUT2D eigenvalue weighted by atomic mass is 19.4. The average molecular weight is 278 g/mol. The number of hydrogen-bond acceptors (Lipinski definition) is 2. The summed E-state index contributed by atoms with van der Waals surface area (Å²) in [5, 5.41) is 11.7. The first-order valence-electron chi connectivity index (χ1n) is 5.90. The van der Waals surface area contributed by atoms with Gasteiger partial charge in [0.2, 0.25) is 5.91 Å². The zero-order chi connectivity index (χ0) is 14.6. The van der Waals surface area contributed by atoms with Crippen molar-refractivity contribution in [1.82, 2.24) is 9.88 Å². The minimum atomic E-state index is -4.68. The third-order valence-corrected chi connectivity index (χ3v) is 2.45. The molecule has 4 nitrogen and oxygen atoms in total. The van der Waals surface area contributed by atoms with E-state index in [9.17, 15) is 18.0 Å². The van der Waals surface area contributed by atoms with E-state index in [1.807, 2.05) is 13.8 Å². The van der Waals surface area contributed by atoms with E-state index in [0.29, 0.717) is 0 Å². The summed E-state index contributed by atoms with van der Waals surface area (Å²) in [6.07, 6.45) is -4.39. The second-order valence-corrected chi connectivity index (χ2v) is 4.60. The van der Waals surface area contributed by atoms with Crippen molar-refractivity contribution < 1.29 is 23.1 Å². The number of alkyl halides is 3. The second kappa shape index (κ2) is 6.10. The molecule has 7 heteroatoms. The molecule has 1 rings (SSSR count). The molecule has 1 unspecified atom stereocenters. The minimum Gasteiger partial charge on any atom is -0.379 e. The van der Waals surface area contributed by atoms with Gasteiger partial charge in [0.1, 0.15) is 0 Å². The molecule has 1 aromatic heterocycles. The molecule has 0 aliphatic heterocycles. The van der Waals surface area contributed by atoms with Crippen LogP contribution in [0.3, 0.4) is 0 Å². The Morgan fingerprint density at radius 3 is 2.63 bits per heavy atom. The summed E-state index contributed by atoms with van der Waals surface area (Å²) in [5.41, 5.74) is -0.225. The van der Waals surface area contributed by atoms with Crippen LogP contribution in [-0.2, 0) is 11.3 Å². The lowest BCUT2D eigenvalue weighted by Crippen LogP contribution is -2.30. The Morgan fingerprint density at radius 2 is 2.11 bits per heavy atom. The SMILES string of the molecule is CC(C)NC(=O)CCn1ccc(C(O)C(F)(F)F)c1. The molecule has 0 aliphatic carbocycles. The lowest BCUT2D eigenvalue weighted by atomic mass is 10.2. The maximum atomic E-state index is 12.3. The number of amides is 1. The van der Waals surface area contributed by atoms with Gasteiger partial charge in [-0.25, -0.2) is 0 Å². The smallest absolute Gasteiger partial charge is 0.379 e. The molecule has 1 heterocycles. The van der Waals surface area contributed by atoms with E-state index in [-0.39, 0.29) is 30.5 Å². The fourth-order valence-electron chi connectivity index (χ4n) is 1.57. The normalized spacial score (nSPS) is 13.6. The Labute approximate surface area is 109 Å². The van der Waals surface area contributed by atoms with Crippen molar-refractivity contribution >= 4 is 5.91 Å². The van der Waals surface area contributed by atoms with E-state index in [4.69, 9.17) is 5.11 Å². The predicted molar refractivity (Wildman–Crippen MR) is 63.3 cm³/mol. The van der Waals surface area contributed by atoms with Crippen LogP contribution in [-0.4, -0.2) is 27.8 Å². The van der Waals surface area contributed by atoms with Crippen LogP contribution in [0.25, 0.3) is 0 Å². The second-order valence-electron chi connectivity index (χ2n) is 4.60. The first kappa shape index (κ1) is 15.6. The average Bonchev–Trinajstić information content (AvgIpc) is 2.71. The van der Waals surface area contributed by atoms with Gasteiger partial charge < -0.3 is 15.0 Å². The van der Waals surface area contributed by atoms with E-state index >= 15 is 0 Å². The molecule has 108 valence electrons. The fraction of sp³-hybridized carbons (Fsp3) is 0.583. The molecule has 19 heavy (non-hydrogen) atoms. The lowest BCUT2D eigenvalue weighted by Gasteiger charge is -2.12. The molecule has 0 aliphatic rings. The Kier molecular flexibility index (Phi) is 4.99. The molecule has 2 N–H and O–H groups in total. The molecule has 1 amide bonds. The lowest BCUT2D eigenvalue weighted by molar-refractivity contribution is -0.206. The number of aryl methyl sites for hydroxylation is 1. The maximum absolute atomic E-state index is 12.3. The number of aliphatic hydroxyl groups is 1. The maximum Gasteiger partial charge on any atom is 0.418 e. The number of nitrogens with zero attached hydrogens (tertiary/aromatic N) is 1. The molecule has 0 aromatic carbocycles. The van der Waals surface area contributed by atoms with Crippen molar-refractivity contribution in [2.75, 3.05) is 0 Å². The van der Waals surface area contributed by atoms with E-state index in [2.05, 4.69) is 5.32 Å².